The topological polar surface area (TPSA) is 65.9 Å². The highest BCUT2D eigenvalue weighted by atomic mass is 16.3. The van der Waals surface area contributed by atoms with Crippen molar-refractivity contribution in [2.45, 2.75) is 12.2 Å². The molecule has 0 fully saturated rings. The molecule has 2 atom stereocenters. The first-order valence-electron chi connectivity index (χ1n) is 19.6. The summed E-state index contributed by atoms with van der Waals surface area (Å²) in [6.07, 6.45) is -0.348. The van der Waals surface area contributed by atoms with Crippen LogP contribution in [0.4, 0.5) is 0 Å². The fraction of sp³-hybridized carbons (Fsp3) is 0.0377. The first-order chi connectivity index (χ1) is 28.7. The molecule has 11 rings (SSSR count). The van der Waals surface area contributed by atoms with Crippen LogP contribution in [0.5, 0.6) is 0 Å². The van der Waals surface area contributed by atoms with Gasteiger partial charge in [0.05, 0.1) is 45.5 Å². The van der Waals surface area contributed by atoms with Crippen molar-refractivity contribution in [3.63, 3.8) is 0 Å². The van der Waals surface area contributed by atoms with Crippen molar-refractivity contribution in [2.75, 3.05) is 0 Å². The van der Waals surface area contributed by atoms with Gasteiger partial charge < -0.3 is 14.3 Å². The standard InChI is InChI=1S/C53H36N4O/c54-33-44-49(36-21-9-3-10-22-36)55-53(56-50(44)37-23-11-4-12-24-37)38-31-42(34-17-5-1-6-18-34)51(43(32-38)35-19-7-2-8-20-35)57-45-27-15-13-25-39(45)40-29-30-47-48(52(40)57)41-26-14-16-28-46(41)58-47/h1-32,49,53,55-56H. The number of hydrogen-bond donors (Lipinski definition) is 2. The molecule has 274 valence electrons. The summed E-state index contributed by atoms with van der Waals surface area (Å²) in [6, 6.07) is 70.1. The highest BCUT2D eigenvalue weighted by Crippen LogP contribution is 2.47. The van der Waals surface area contributed by atoms with Gasteiger partial charge in [0.1, 0.15) is 17.3 Å². The van der Waals surface area contributed by atoms with Gasteiger partial charge in [-0.05, 0) is 64.2 Å². The van der Waals surface area contributed by atoms with E-state index in [9.17, 15) is 5.26 Å². The lowest BCUT2D eigenvalue weighted by molar-refractivity contribution is 0.433. The quantitative estimate of drug-likeness (QED) is 0.178. The largest absolute Gasteiger partial charge is 0.456 e. The zero-order valence-electron chi connectivity index (χ0n) is 31.4. The van der Waals surface area contributed by atoms with Crippen LogP contribution in [0.15, 0.2) is 204 Å². The third kappa shape index (κ3) is 5.43. The van der Waals surface area contributed by atoms with E-state index in [2.05, 4.69) is 173 Å². The maximum Gasteiger partial charge on any atom is 0.137 e. The van der Waals surface area contributed by atoms with E-state index < -0.39 is 0 Å². The number of para-hydroxylation sites is 2. The highest BCUT2D eigenvalue weighted by Gasteiger charge is 2.33. The number of benzene rings is 8. The molecular formula is C53H36N4O. The zero-order chi connectivity index (χ0) is 38.6. The Kier molecular flexibility index (Phi) is 8.03. The first kappa shape index (κ1) is 33.7. The smallest absolute Gasteiger partial charge is 0.137 e. The molecule has 2 unspecified atom stereocenters. The molecule has 0 spiro atoms. The van der Waals surface area contributed by atoms with Gasteiger partial charge in [0.15, 0.2) is 0 Å². The third-order valence-electron chi connectivity index (χ3n) is 11.5. The fourth-order valence-electron chi connectivity index (χ4n) is 8.95. The second-order valence-electron chi connectivity index (χ2n) is 14.8. The Bertz CT molecular complexity index is 3170. The Morgan fingerprint density at radius 3 is 1.74 bits per heavy atom. The molecule has 0 saturated carbocycles. The van der Waals surface area contributed by atoms with E-state index in [1.807, 2.05) is 42.5 Å². The predicted molar refractivity (Wildman–Crippen MR) is 236 cm³/mol. The summed E-state index contributed by atoms with van der Waals surface area (Å²) in [5.41, 5.74) is 13.9. The Balaban J connectivity index is 1.24. The number of rotatable bonds is 6. The Morgan fingerprint density at radius 1 is 0.517 bits per heavy atom. The van der Waals surface area contributed by atoms with Crippen molar-refractivity contribution in [2.24, 2.45) is 0 Å². The van der Waals surface area contributed by atoms with E-state index >= 15 is 0 Å². The van der Waals surface area contributed by atoms with Crippen molar-refractivity contribution in [3.8, 4) is 34.0 Å². The molecule has 0 saturated heterocycles. The maximum atomic E-state index is 10.7. The summed E-state index contributed by atoms with van der Waals surface area (Å²) in [4.78, 5) is 0. The lowest BCUT2D eigenvalue weighted by atomic mass is 9.89. The van der Waals surface area contributed by atoms with Gasteiger partial charge in [0.2, 0.25) is 0 Å². The molecule has 8 aromatic carbocycles. The minimum absolute atomic E-state index is 0.340. The summed E-state index contributed by atoms with van der Waals surface area (Å²) >= 11 is 0. The number of furan rings is 1. The lowest BCUT2D eigenvalue weighted by Gasteiger charge is -2.36. The molecule has 1 aliphatic heterocycles. The molecule has 0 aliphatic carbocycles. The molecule has 3 heterocycles. The van der Waals surface area contributed by atoms with Gasteiger partial charge in [-0.2, -0.15) is 5.26 Å². The minimum Gasteiger partial charge on any atom is -0.456 e. The van der Waals surface area contributed by atoms with Gasteiger partial charge in [-0.15, -0.1) is 0 Å². The Hall–Kier alpha value is -7.65. The SMILES string of the molecule is N#CC1=C(c2ccccc2)NC(c2cc(-c3ccccc3)c(-n3c4ccccc4c4ccc5oc6ccccc6c5c43)c(-c3ccccc3)c2)NC1c1ccccc1. The van der Waals surface area contributed by atoms with Crippen molar-refractivity contribution in [1.82, 2.24) is 15.2 Å². The van der Waals surface area contributed by atoms with Crippen LogP contribution in [-0.2, 0) is 0 Å². The van der Waals surface area contributed by atoms with Crippen LogP contribution in [0.3, 0.4) is 0 Å². The van der Waals surface area contributed by atoms with Crippen LogP contribution in [0.25, 0.3) is 77.4 Å². The highest BCUT2D eigenvalue weighted by molar-refractivity contribution is 6.25. The number of nitrogens with zero attached hydrogens (tertiary/aromatic N) is 2. The predicted octanol–water partition coefficient (Wildman–Crippen LogP) is 12.9. The lowest BCUT2D eigenvalue weighted by Crippen LogP contribution is -2.42. The molecule has 5 nitrogen and oxygen atoms in total. The molecular weight excluding hydrogens is 709 g/mol. The average Bonchev–Trinajstić information content (AvgIpc) is 3.85. The van der Waals surface area contributed by atoms with Crippen LogP contribution in [0.2, 0.25) is 0 Å². The Morgan fingerprint density at radius 2 is 1.09 bits per heavy atom. The van der Waals surface area contributed by atoms with Gasteiger partial charge in [0, 0.05) is 27.3 Å². The molecule has 10 aromatic rings. The van der Waals surface area contributed by atoms with Crippen LogP contribution in [0.1, 0.15) is 28.9 Å². The van der Waals surface area contributed by atoms with Crippen LogP contribution in [0, 0.1) is 11.3 Å². The molecule has 58 heavy (non-hydrogen) atoms. The van der Waals surface area contributed by atoms with E-state index in [4.69, 9.17) is 4.42 Å². The van der Waals surface area contributed by atoms with Crippen molar-refractivity contribution < 1.29 is 4.42 Å². The van der Waals surface area contributed by atoms with E-state index in [0.717, 1.165) is 83.3 Å². The van der Waals surface area contributed by atoms with Crippen LogP contribution < -0.4 is 10.6 Å². The van der Waals surface area contributed by atoms with E-state index in [-0.39, 0.29) is 12.2 Å². The summed E-state index contributed by atoms with van der Waals surface area (Å²) in [5.74, 6) is 0. The number of nitriles is 1. The van der Waals surface area contributed by atoms with Gasteiger partial charge >= 0.3 is 0 Å². The van der Waals surface area contributed by atoms with Gasteiger partial charge in [-0.1, -0.05) is 158 Å². The van der Waals surface area contributed by atoms with E-state index in [0.29, 0.717) is 5.57 Å². The van der Waals surface area contributed by atoms with Crippen LogP contribution in [-0.4, -0.2) is 4.57 Å². The summed E-state index contributed by atoms with van der Waals surface area (Å²) in [7, 11) is 0. The van der Waals surface area contributed by atoms with Crippen molar-refractivity contribution in [3.05, 3.63) is 216 Å². The fourth-order valence-corrected chi connectivity index (χ4v) is 8.95. The van der Waals surface area contributed by atoms with E-state index in [1.54, 1.807) is 0 Å². The third-order valence-corrected chi connectivity index (χ3v) is 11.5. The molecule has 0 bridgehead atoms. The van der Waals surface area contributed by atoms with Gasteiger partial charge in [-0.25, -0.2) is 0 Å². The summed E-state index contributed by atoms with van der Waals surface area (Å²) < 4.78 is 9.00. The average molecular weight is 745 g/mol. The van der Waals surface area contributed by atoms with Gasteiger partial charge in [0.25, 0.3) is 0 Å². The monoisotopic (exact) mass is 744 g/mol. The molecule has 5 heteroatoms. The Labute approximate surface area is 335 Å². The second kappa shape index (κ2) is 13.8. The number of aromatic nitrogens is 1. The summed E-state index contributed by atoms with van der Waals surface area (Å²) in [5, 5.41) is 23.0. The molecule has 0 amide bonds. The number of hydrogen-bond acceptors (Lipinski definition) is 4. The van der Waals surface area contributed by atoms with Gasteiger partial charge in [-0.3, -0.25) is 5.32 Å². The summed E-state index contributed by atoms with van der Waals surface area (Å²) in [6.45, 7) is 0. The molecule has 2 aromatic heterocycles. The van der Waals surface area contributed by atoms with Crippen LogP contribution >= 0.6 is 0 Å². The zero-order valence-corrected chi connectivity index (χ0v) is 31.4. The maximum absolute atomic E-state index is 10.7. The normalized spacial score (nSPS) is 15.6. The molecule has 0 radical (unpaired) electrons. The van der Waals surface area contributed by atoms with E-state index in [1.165, 1.54) is 10.8 Å². The first-order valence-corrected chi connectivity index (χ1v) is 19.6. The minimum atomic E-state index is -0.348. The van der Waals surface area contributed by atoms with Crippen molar-refractivity contribution in [1.29, 1.82) is 5.26 Å². The number of fused-ring (bicyclic) bond motifs is 7. The molecule has 1 aliphatic rings. The van der Waals surface area contributed by atoms with Crippen molar-refractivity contribution >= 4 is 49.4 Å². The second-order valence-corrected chi connectivity index (χ2v) is 14.8. The number of nitrogens with one attached hydrogen (secondary N) is 2. The molecule has 2 N–H and O–H groups in total.